The molecule has 0 spiro atoms. The van der Waals surface area contributed by atoms with Gasteiger partial charge in [0.05, 0.1) is 32.3 Å². The zero-order valence-electron chi connectivity index (χ0n) is 13.4. The fourth-order valence-electron chi connectivity index (χ4n) is 2.81. The first-order chi connectivity index (χ1) is 12.5. The van der Waals surface area contributed by atoms with Gasteiger partial charge in [-0.2, -0.15) is 5.26 Å². The van der Waals surface area contributed by atoms with Crippen LogP contribution >= 0.6 is 23.2 Å². The molecule has 1 aliphatic heterocycles. The van der Waals surface area contributed by atoms with Crippen molar-refractivity contribution in [3.8, 4) is 6.07 Å². The first kappa shape index (κ1) is 17.9. The average Bonchev–Trinajstić information content (AvgIpc) is 3.16. The summed E-state index contributed by atoms with van der Waals surface area (Å²) in [6.45, 7) is 0. The number of aromatic amines is 1. The molecule has 0 bridgehead atoms. The molecule has 26 heavy (non-hydrogen) atoms. The fraction of sp³-hybridized carbons (Fsp3) is 0.118. The highest BCUT2D eigenvalue weighted by atomic mass is 35.5. The van der Waals surface area contributed by atoms with Crippen molar-refractivity contribution in [3.63, 3.8) is 0 Å². The van der Waals surface area contributed by atoms with E-state index in [1.54, 1.807) is 36.5 Å². The number of H-pyrrole nitrogens is 1. The molecule has 1 aliphatic rings. The Kier molecular flexibility index (Phi) is 4.89. The van der Waals surface area contributed by atoms with Crippen molar-refractivity contribution >= 4 is 29.0 Å². The minimum absolute atomic E-state index is 0.0577. The maximum atomic E-state index is 11.8. The maximum Gasteiger partial charge on any atom is 0.318 e. The minimum Gasteiger partial charge on any atom is -0.432 e. The molecule has 3 rings (SSSR count). The number of allylic oxidation sites excluding steroid dienone is 1. The lowest BCUT2D eigenvalue weighted by molar-refractivity contribution is -0.433. The zero-order chi connectivity index (χ0) is 18.8. The molecular weight excluding hydrogens is 379 g/mol. The van der Waals surface area contributed by atoms with Gasteiger partial charge in [-0.1, -0.05) is 35.3 Å². The normalized spacial score (nSPS) is 16.9. The summed E-state index contributed by atoms with van der Waals surface area (Å²) in [5.41, 5.74) is 0.605. The predicted octanol–water partition coefficient (Wildman–Crippen LogP) is 4.04. The maximum absolute atomic E-state index is 11.8. The smallest absolute Gasteiger partial charge is 0.318 e. The highest BCUT2D eigenvalue weighted by Crippen LogP contribution is 2.45. The Balaban J connectivity index is 2.34. The molecule has 0 fully saturated rings. The summed E-state index contributed by atoms with van der Waals surface area (Å²) in [5, 5.41) is 24.6. The van der Waals surface area contributed by atoms with Crippen LogP contribution in [0.2, 0.25) is 10.0 Å². The van der Waals surface area contributed by atoms with Gasteiger partial charge in [-0.3, -0.25) is 10.1 Å². The van der Waals surface area contributed by atoms with Crippen LogP contribution in [0.15, 0.2) is 53.7 Å². The number of hydrogen-bond acceptors (Lipinski definition) is 5. The number of nitrogens with one attached hydrogen (secondary N) is 2. The van der Waals surface area contributed by atoms with E-state index < -0.39 is 10.8 Å². The molecule has 0 saturated heterocycles. The Morgan fingerprint density at radius 1 is 1.35 bits per heavy atom. The van der Waals surface area contributed by atoms with Gasteiger partial charge < -0.3 is 15.0 Å². The van der Waals surface area contributed by atoms with E-state index >= 15 is 0 Å². The van der Waals surface area contributed by atoms with E-state index in [0.29, 0.717) is 11.3 Å². The summed E-state index contributed by atoms with van der Waals surface area (Å²) in [6, 6.07) is 10.3. The van der Waals surface area contributed by atoms with Crippen molar-refractivity contribution in [2.75, 3.05) is 7.05 Å². The highest BCUT2D eigenvalue weighted by molar-refractivity contribution is 6.42. The average molecular weight is 391 g/mol. The Bertz CT molecular complexity index is 974. The molecule has 0 amide bonds. The van der Waals surface area contributed by atoms with Gasteiger partial charge in [-0.25, -0.2) is 0 Å². The number of benzene rings is 1. The topological polar surface area (TPSA) is 104 Å². The molecule has 9 heteroatoms. The molecule has 1 aromatic carbocycles. The molecule has 1 aromatic heterocycles. The Hall–Kier alpha value is -2.95. The summed E-state index contributed by atoms with van der Waals surface area (Å²) in [5.74, 6) is -0.927. The van der Waals surface area contributed by atoms with E-state index in [4.69, 9.17) is 27.9 Å². The molecule has 2 aromatic rings. The summed E-state index contributed by atoms with van der Waals surface area (Å²) in [7, 11) is 1.50. The number of aromatic nitrogens is 1. The van der Waals surface area contributed by atoms with Gasteiger partial charge in [0.15, 0.2) is 5.76 Å². The number of ether oxygens (including phenoxy) is 1. The molecule has 0 saturated carbocycles. The number of nitriles is 1. The SMILES string of the molecule is CNC1=C([N+](=O)[O-])C(c2cccc(Cl)c2Cl)C(C#N)=C(c2ccc[nH]2)O1. The lowest BCUT2D eigenvalue weighted by atomic mass is 9.86. The van der Waals surface area contributed by atoms with Gasteiger partial charge >= 0.3 is 5.70 Å². The molecule has 0 radical (unpaired) electrons. The van der Waals surface area contributed by atoms with Crippen LogP contribution in [0.3, 0.4) is 0 Å². The minimum atomic E-state index is -1.05. The lowest BCUT2D eigenvalue weighted by Gasteiger charge is -2.25. The van der Waals surface area contributed by atoms with Crippen molar-refractivity contribution in [1.29, 1.82) is 5.26 Å². The molecule has 2 N–H and O–H groups in total. The highest BCUT2D eigenvalue weighted by Gasteiger charge is 2.43. The third-order valence-electron chi connectivity index (χ3n) is 3.92. The van der Waals surface area contributed by atoms with Crippen LogP contribution in [-0.4, -0.2) is 17.0 Å². The lowest BCUT2D eigenvalue weighted by Crippen LogP contribution is -2.27. The molecular formula is C17H12Cl2N4O3. The summed E-state index contributed by atoms with van der Waals surface area (Å²) >= 11 is 12.4. The molecule has 1 atom stereocenters. The van der Waals surface area contributed by atoms with Crippen LogP contribution in [-0.2, 0) is 4.74 Å². The van der Waals surface area contributed by atoms with Gasteiger partial charge in [0, 0.05) is 13.2 Å². The second-order valence-electron chi connectivity index (χ2n) is 5.34. The van der Waals surface area contributed by atoms with Crippen LogP contribution in [0.1, 0.15) is 17.2 Å². The number of nitro groups is 1. The summed E-state index contributed by atoms with van der Waals surface area (Å²) in [6.07, 6.45) is 1.66. The van der Waals surface area contributed by atoms with Gasteiger partial charge in [0.2, 0.25) is 0 Å². The zero-order valence-corrected chi connectivity index (χ0v) is 14.9. The van der Waals surface area contributed by atoms with Crippen LogP contribution in [0.4, 0.5) is 0 Å². The van der Waals surface area contributed by atoms with Gasteiger partial charge in [0.1, 0.15) is 5.92 Å². The standard InChI is InChI=1S/C17H12Cl2N4O3/c1-21-17-15(23(24)25)13(9-4-2-5-11(18)14(9)19)10(8-20)16(26-17)12-6-3-7-22-12/h2-7,13,21-22H,1H3. The van der Waals surface area contributed by atoms with Crippen molar-refractivity contribution in [1.82, 2.24) is 10.3 Å². The van der Waals surface area contributed by atoms with E-state index in [9.17, 15) is 15.4 Å². The fourth-order valence-corrected chi connectivity index (χ4v) is 3.23. The number of rotatable bonds is 4. The van der Waals surface area contributed by atoms with Crippen molar-refractivity contribution in [2.45, 2.75) is 5.92 Å². The van der Waals surface area contributed by atoms with Gasteiger partial charge in [0.25, 0.3) is 5.88 Å². The largest absolute Gasteiger partial charge is 0.432 e. The van der Waals surface area contributed by atoms with Crippen molar-refractivity contribution in [3.05, 3.63) is 85.1 Å². The third kappa shape index (κ3) is 2.90. The molecule has 2 heterocycles. The molecule has 0 aliphatic carbocycles. The number of nitrogens with zero attached hydrogens (tertiary/aromatic N) is 2. The van der Waals surface area contributed by atoms with E-state index in [1.807, 2.05) is 6.07 Å². The van der Waals surface area contributed by atoms with E-state index in [1.165, 1.54) is 7.05 Å². The van der Waals surface area contributed by atoms with Crippen molar-refractivity contribution in [2.24, 2.45) is 0 Å². The van der Waals surface area contributed by atoms with Crippen LogP contribution in [0.25, 0.3) is 5.76 Å². The quantitative estimate of drug-likeness (QED) is 0.605. The summed E-state index contributed by atoms with van der Waals surface area (Å²) < 4.78 is 5.66. The predicted molar refractivity (Wildman–Crippen MR) is 96.7 cm³/mol. The second-order valence-corrected chi connectivity index (χ2v) is 6.12. The van der Waals surface area contributed by atoms with Crippen LogP contribution in [0.5, 0.6) is 0 Å². The van der Waals surface area contributed by atoms with E-state index in [-0.39, 0.29) is 33.0 Å². The number of halogens is 2. The van der Waals surface area contributed by atoms with Gasteiger partial charge in [-0.15, -0.1) is 0 Å². The third-order valence-corrected chi connectivity index (χ3v) is 4.76. The number of hydrogen-bond donors (Lipinski definition) is 2. The Morgan fingerprint density at radius 2 is 2.12 bits per heavy atom. The first-order valence-corrected chi connectivity index (χ1v) is 8.21. The second kappa shape index (κ2) is 7.12. The van der Waals surface area contributed by atoms with Crippen molar-refractivity contribution < 1.29 is 9.66 Å². The first-order valence-electron chi connectivity index (χ1n) is 7.45. The Morgan fingerprint density at radius 3 is 2.69 bits per heavy atom. The van der Waals surface area contributed by atoms with E-state index in [0.717, 1.165) is 0 Å². The monoisotopic (exact) mass is 390 g/mol. The summed E-state index contributed by atoms with van der Waals surface area (Å²) in [4.78, 5) is 14.1. The molecule has 7 nitrogen and oxygen atoms in total. The van der Waals surface area contributed by atoms with Crippen LogP contribution in [0, 0.1) is 21.4 Å². The Labute approximate surface area is 158 Å². The molecule has 132 valence electrons. The van der Waals surface area contributed by atoms with Crippen LogP contribution < -0.4 is 5.32 Å². The molecule has 1 unspecified atom stereocenters. The van der Waals surface area contributed by atoms with Gasteiger partial charge in [-0.05, 0) is 23.8 Å². The van der Waals surface area contributed by atoms with E-state index in [2.05, 4.69) is 10.3 Å².